The molecule has 2 aliphatic rings. The molecule has 1 saturated heterocycles. The monoisotopic (exact) mass is 374 g/mol. The highest BCUT2D eigenvalue weighted by molar-refractivity contribution is 7.71. The van der Waals surface area contributed by atoms with Gasteiger partial charge in [0, 0.05) is 37.2 Å². The maximum absolute atomic E-state index is 5.63. The van der Waals surface area contributed by atoms with E-state index in [1.54, 1.807) is 14.2 Å². The zero-order valence-electron chi connectivity index (χ0n) is 15.6. The van der Waals surface area contributed by atoms with E-state index in [1.165, 1.54) is 18.4 Å². The minimum absolute atomic E-state index is 0.309. The second-order valence-electron chi connectivity index (χ2n) is 7.19. The van der Waals surface area contributed by atoms with Crippen molar-refractivity contribution in [2.24, 2.45) is 7.05 Å². The van der Waals surface area contributed by atoms with Crippen LogP contribution in [0.3, 0.4) is 0 Å². The second kappa shape index (κ2) is 7.04. The molecule has 1 saturated carbocycles. The third kappa shape index (κ3) is 3.14. The van der Waals surface area contributed by atoms with Crippen LogP contribution >= 0.6 is 12.2 Å². The summed E-state index contributed by atoms with van der Waals surface area (Å²) in [6, 6.07) is 6.40. The fraction of sp³-hybridized carbons (Fsp3) is 0.579. The van der Waals surface area contributed by atoms with Gasteiger partial charge in [-0.25, -0.2) is 4.68 Å². The molecule has 0 bridgehead atoms. The van der Waals surface area contributed by atoms with Crippen molar-refractivity contribution in [1.82, 2.24) is 19.2 Å². The van der Waals surface area contributed by atoms with Gasteiger partial charge >= 0.3 is 0 Å². The molecule has 0 spiro atoms. The zero-order valence-corrected chi connectivity index (χ0v) is 16.5. The van der Waals surface area contributed by atoms with Crippen LogP contribution in [0.15, 0.2) is 18.2 Å². The Balaban J connectivity index is 1.60. The van der Waals surface area contributed by atoms with Crippen LogP contribution in [0.5, 0.6) is 11.5 Å². The molecule has 140 valence electrons. The van der Waals surface area contributed by atoms with Gasteiger partial charge in [0.25, 0.3) is 0 Å². The Kier molecular flexibility index (Phi) is 4.75. The highest BCUT2D eigenvalue weighted by Crippen LogP contribution is 2.40. The Labute approximate surface area is 159 Å². The van der Waals surface area contributed by atoms with Crippen LogP contribution in [0.25, 0.3) is 0 Å². The van der Waals surface area contributed by atoms with E-state index in [1.807, 2.05) is 23.9 Å². The maximum Gasteiger partial charge on any atom is 0.198 e. The molecule has 1 aliphatic heterocycles. The summed E-state index contributed by atoms with van der Waals surface area (Å²) in [6.07, 6.45) is 4.73. The molecule has 0 N–H and O–H groups in total. The lowest BCUT2D eigenvalue weighted by Gasteiger charge is -2.26. The number of hydrogen-bond acceptors (Lipinski definition) is 5. The van der Waals surface area contributed by atoms with E-state index in [2.05, 4.69) is 15.5 Å². The van der Waals surface area contributed by atoms with E-state index < -0.39 is 0 Å². The smallest absolute Gasteiger partial charge is 0.198 e. The fourth-order valence-corrected chi connectivity index (χ4v) is 4.10. The lowest BCUT2D eigenvalue weighted by Crippen LogP contribution is -2.27. The molecule has 1 aliphatic carbocycles. The van der Waals surface area contributed by atoms with Gasteiger partial charge in [-0.15, -0.1) is 0 Å². The normalized spacial score (nSPS) is 20.5. The van der Waals surface area contributed by atoms with Crippen molar-refractivity contribution in [1.29, 1.82) is 0 Å². The van der Waals surface area contributed by atoms with Crippen molar-refractivity contribution in [3.63, 3.8) is 0 Å². The molecule has 1 atom stereocenters. The van der Waals surface area contributed by atoms with E-state index in [0.29, 0.717) is 12.0 Å². The predicted octanol–water partition coefficient (Wildman–Crippen LogP) is 3.64. The van der Waals surface area contributed by atoms with Gasteiger partial charge in [0.05, 0.1) is 20.9 Å². The third-order valence-corrected chi connectivity index (χ3v) is 5.98. The van der Waals surface area contributed by atoms with Crippen LogP contribution in [0.1, 0.15) is 49.0 Å². The van der Waals surface area contributed by atoms with Crippen LogP contribution in [0, 0.1) is 4.77 Å². The van der Waals surface area contributed by atoms with Gasteiger partial charge < -0.3 is 14.0 Å². The SMILES string of the molecule is COc1ccc([C@H]2CCCN2Cn2nc(C3CC3)n(C)c2=S)c(OC)c1. The lowest BCUT2D eigenvalue weighted by atomic mass is 10.0. The van der Waals surface area contributed by atoms with E-state index in [9.17, 15) is 0 Å². The van der Waals surface area contributed by atoms with Crippen molar-refractivity contribution in [3.8, 4) is 11.5 Å². The standard InChI is InChI=1S/C19H26N4O2S/c1-21-18(13-6-7-13)20-23(19(21)26)12-22-10-4-5-16(22)15-9-8-14(24-2)11-17(15)25-3/h8-9,11,13,16H,4-7,10,12H2,1-3H3/t16-/m1/s1. The van der Waals surface area contributed by atoms with Crippen molar-refractivity contribution in [3.05, 3.63) is 34.4 Å². The van der Waals surface area contributed by atoms with Crippen LogP contribution in [0.4, 0.5) is 0 Å². The molecule has 6 nitrogen and oxygen atoms in total. The minimum atomic E-state index is 0.309. The number of aromatic nitrogens is 3. The minimum Gasteiger partial charge on any atom is -0.497 e. The largest absolute Gasteiger partial charge is 0.497 e. The van der Waals surface area contributed by atoms with Gasteiger partial charge in [-0.2, -0.15) is 5.10 Å². The Morgan fingerprint density at radius 1 is 1.19 bits per heavy atom. The summed E-state index contributed by atoms with van der Waals surface area (Å²) in [5, 5.41) is 4.82. The van der Waals surface area contributed by atoms with Gasteiger partial charge in [0.1, 0.15) is 17.3 Å². The molecule has 26 heavy (non-hydrogen) atoms. The van der Waals surface area contributed by atoms with E-state index >= 15 is 0 Å². The summed E-state index contributed by atoms with van der Waals surface area (Å²) in [7, 11) is 5.43. The Morgan fingerprint density at radius 3 is 2.69 bits per heavy atom. The van der Waals surface area contributed by atoms with E-state index in [4.69, 9.17) is 26.8 Å². The Morgan fingerprint density at radius 2 is 2.00 bits per heavy atom. The van der Waals surface area contributed by atoms with Crippen molar-refractivity contribution in [2.45, 2.75) is 44.3 Å². The summed E-state index contributed by atoms with van der Waals surface area (Å²) < 4.78 is 15.8. The summed E-state index contributed by atoms with van der Waals surface area (Å²) in [5.74, 6) is 3.42. The Hall–Kier alpha value is -1.86. The van der Waals surface area contributed by atoms with Crippen LogP contribution < -0.4 is 9.47 Å². The number of methoxy groups -OCH3 is 2. The van der Waals surface area contributed by atoms with Gasteiger partial charge in [0.2, 0.25) is 0 Å². The molecule has 2 heterocycles. The van der Waals surface area contributed by atoms with Crippen LogP contribution in [0.2, 0.25) is 0 Å². The lowest BCUT2D eigenvalue weighted by molar-refractivity contribution is 0.186. The topological polar surface area (TPSA) is 44.5 Å². The molecular formula is C19H26N4O2S. The summed E-state index contributed by atoms with van der Waals surface area (Å²) in [5.41, 5.74) is 1.20. The van der Waals surface area contributed by atoms with Crippen LogP contribution in [-0.4, -0.2) is 40.0 Å². The van der Waals surface area contributed by atoms with Crippen molar-refractivity contribution in [2.75, 3.05) is 20.8 Å². The van der Waals surface area contributed by atoms with Crippen LogP contribution in [-0.2, 0) is 13.7 Å². The highest BCUT2D eigenvalue weighted by atomic mass is 32.1. The molecule has 0 amide bonds. The number of nitrogens with zero attached hydrogens (tertiary/aromatic N) is 4. The number of likely N-dealkylation sites (tertiary alicyclic amines) is 1. The summed E-state index contributed by atoms with van der Waals surface area (Å²) in [6.45, 7) is 1.76. The van der Waals surface area contributed by atoms with E-state index in [-0.39, 0.29) is 0 Å². The van der Waals surface area contributed by atoms with E-state index in [0.717, 1.165) is 48.1 Å². The number of benzene rings is 1. The molecule has 2 fully saturated rings. The average Bonchev–Trinajstić information content (AvgIpc) is 3.35. The highest BCUT2D eigenvalue weighted by Gasteiger charge is 2.32. The van der Waals surface area contributed by atoms with Gasteiger partial charge in [-0.1, -0.05) is 6.07 Å². The first kappa shape index (κ1) is 17.5. The molecule has 1 aromatic heterocycles. The molecular weight excluding hydrogens is 348 g/mol. The third-order valence-electron chi connectivity index (χ3n) is 5.50. The molecule has 2 aromatic rings. The van der Waals surface area contributed by atoms with Gasteiger partial charge in [-0.05, 0) is 44.0 Å². The molecule has 1 aromatic carbocycles. The predicted molar refractivity (Wildman–Crippen MR) is 102 cm³/mol. The summed E-state index contributed by atoms with van der Waals surface area (Å²) in [4.78, 5) is 2.45. The van der Waals surface area contributed by atoms with Crippen molar-refractivity contribution >= 4 is 12.2 Å². The maximum atomic E-state index is 5.63. The zero-order chi connectivity index (χ0) is 18.3. The Bertz CT molecular complexity index is 856. The second-order valence-corrected chi connectivity index (χ2v) is 7.56. The molecule has 0 radical (unpaired) electrons. The number of rotatable bonds is 6. The first-order chi connectivity index (χ1) is 12.6. The average molecular weight is 375 g/mol. The van der Waals surface area contributed by atoms with Crippen molar-refractivity contribution < 1.29 is 9.47 Å². The van der Waals surface area contributed by atoms with Gasteiger partial charge in [-0.3, -0.25) is 4.90 Å². The van der Waals surface area contributed by atoms with Gasteiger partial charge in [0.15, 0.2) is 4.77 Å². The fourth-order valence-electron chi connectivity index (χ4n) is 3.91. The first-order valence-corrected chi connectivity index (χ1v) is 9.63. The quantitative estimate of drug-likeness (QED) is 0.723. The molecule has 0 unspecified atom stereocenters. The number of ether oxygens (including phenoxy) is 2. The molecule has 4 rings (SSSR count). The molecule has 7 heteroatoms. The summed E-state index contributed by atoms with van der Waals surface area (Å²) >= 11 is 5.63. The first-order valence-electron chi connectivity index (χ1n) is 9.22. The number of hydrogen-bond donors (Lipinski definition) is 0.